The highest BCUT2D eigenvalue weighted by atomic mass is 16.2. The Balaban J connectivity index is 2.50. The van der Waals surface area contributed by atoms with Crippen molar-refractivity contribution in [1.29, 1.82) is 0 Å². The highest BCUT2D eigenvalue weighted by Gasteiger charge is 2.26. The number of fused-ring (bicyclic) bond motifs is 1. The first-order chi connectivity index (χ1) is 6.70. The minimum Gasteiger partial charge on any atom is -0.369 e. The summed E-state index contributed by atoms with van der Waals surface area (Å²) in [5, 5.41) is 0. The smallest absolute Gasteiger partial charge is 0.232 e. The second-order valence-electron chi connectivity index (χ2n) is 3.19. The van der Waals surface area contributed by atoms with Gasteiger partial charge in [0.15, 0.2) is 5.78 Å². The van der Waals surface area contributed by atoms with Crippen LogP contribution in [0.5, 0.6) is 0 Å². The van der Waals surface area contributed by atoms with Gasteiger partial charge in [-0.15, -0.1) is 0 Å². The summed E-state index contributed by atoms with van der Waals surface area (Å²) in [4.78, 5) is 22.6. The average Bonchev–Trinajstić information content (AvgIpc) is 2.18. The van der Waals surface area contributed by atoms with Gasteiger partial charge in [0.25, 0.3) is 0 Å². The lowest BCUT2D eigenvalue weighted by Crippen LogP contribution is -2.30. The van der Waals surface area contributed by atoms with E-state index in [1.54, 1.807) is 24.3 Å². The Kier molecular flexibility index (Phi) is 1.93. The third kappa shape index (κ3) is 1.23. The predicted octanol–water partition coefficient (Wildman–Crippen LogP) is 0.998. The predicted molar refractivity (Wildman–Crippen MR) is 52.5 cm³/mol. The number of benzene rings is 1. The van der Waals surface area contributed by atoms with Crippen LogP contribution in [0.3, 0.4) is 0 Å². The molecule has 0 radical (unpaired) electrons. The third-order valence-electron chi connectivity index (χ3n) is 2.28. The van der Waals surface area contributed by atoms with Gasteiger partial charge in [0.1, 0.15) is 5.92 Å². The molecule has 2 N–H and O–H groups in total. The van der Waals surface area contributed by atoms with Crippen molar-refractivity contribution in [2.75, 3.05) is 0 Å². The summed E-state index contributed by atoms with van der Waals surface area (Å²) in [5.74, 6) is -1.61. The van der Waals surface area contributed by atoms with E-state index in [-0.39, 0.29) is 5.78 Å². The second-order valence-corrected chi connectivity index (χ2v) is 3.19. The summed E-state index contributed by atoms with van der Waals surface area (Å²) in [5.41, 5.74) is 6.51. The van der Waals surface area contributed by atoms with E-state index >= 15 is 0 Å². The van der Waals surface area contributed by atoms with Gasteiger partial charge in [-0.1, -0.05) is 36.4 Å². The van der Waals surface area contributed by atoms with E-state index in [4.69, 9.17) is 5.73 Å². The average molecular weight is 187 g/mol. The van der Waals surface area contributed by atoms with Crippen LogP contribution in [0.15, 0.2) is 30.3 Å². The zero-order valence-corrected chi connectivity index (χ0v) is 7.44. The summed E-state index contributed by atoms with van der Waals surface area (Å²) in [6, 6.07) is 7.16. The van der Waals surface area contributed by atoms with Crippen LogP contribution in [0, 0.1) is 5.92 Å². The minimum atomic E-state index is -0.801. The quantitative estimate of drug-likeness (QED) is 0.666. The Morgan fingerprint density at radius 3 is 2.71 bits per heavy atom. The van der Waals surface area contributed by atoms with Crippen molar-refractivity contribution >= 4 is 17.8 Å². The van der Waals surface area contributed by atoms with Crippen LogP contribution in [-0.4, -0.2) is 11.7 Å². The summed E-state index contributed by atoms with van der Waals surface area (Å²) < 4.78 is 0. The first-order valence-electron chi connectivity index (χ1n) is 4.31. The monoisotopic (exact) mass is 187 g/mol. The van der Waals surface area contributed by atoms with Gasteiger partial charge in [-0.3, -0.25) is 9.59 Å². The van der Waals surface area contributed by atoms with Crippen LogP contribution >= 0.6 is 0 Å². The maximum absolute atomic E-state index is 11.7. The van der Waals surface area contributed by atoms with E-state index < -0.39 is 11.8 Å². The fourth-order valence-electron chi connectivity index (χ4n) is 1.55. The first kappa shape index (κ1) is 8.69. The number of carbonyl (C=O) groups is 2. The number of hydrogen-bond donors (Lipinski definition) is 1. The molecule has 1 amide bonds. The third-order valence-corrected chi connectivity index (χ3v) is 2.28. The molecule has 14 heavy (non-hydrogen) atoms. The molecule has 0 saturated heterocycles. The summed E-state index contributed by atoms with van der Waals surface area (Å²) >= 11 is 0. The molecule has 1 aromatic rings. The number of nitrogens with two attached hydrogens (primary N) is 1. The molecule has 3 heteroatoms. The molecule has 0 fully saturated rings. The zero-order valence-electron chi connectivity index (χ0n) is 7.44. The normalized spacial score (nSPS) is 19.1. The maximum atomic E-state index is 11.7. The topological polar surface area (TPSA) is 60.2 Å². The molecule has 0 bridgehead atoms. The largest absolute Gasteiger partial charge is 0.369 e. The standard InChI is InChI=1S/C11H9NO2/c12-11(14)9-6-5-7-3-1-2-4-8(7)10(9)13/h1-6,9H,(H2,12,14). The molecule has 0 spiro atoms. The molecule has 1 aromatic carbocycles. The Morgan fingerprint density at radius 2 is 2.00 bits per heavy atom. The van der Waals surface area contributed by atoms with Gasteiger partial charge in [-0.05, 0) is 5.56 Å². The van der Waals surface area contributed by atoms with Crippen molar-refractivity contribution in [2.24, 2.45) is 11.7 Å². The van der Waals surface area contributed by atoms with Crippen molar-refractivity contribution in [3.8, 4) is 0 Å². The lowest BCUT2D eigenvalue weighted by atomic mass is 9.88. The molecular formula is C11H9NO2. The molecule has 1 aliphatic carbocycles. The number of Topliss-reactive ketones (excluding diaryl/α,β-unsaturated/α-hetero) is 1. The molecule has 70 valence electrons. The van der Waals surface area contributed by atoms with Crippen molar-refractivity contribution in [2.45, 2.75) is 0 Å². The maximum Gasteiger partial charge on any atom is 0.232 e. The Hall–Kier alpha value is -1.90. The van der Waals surface area contributed by atoms with Crippen molar-refractivity contribution in [3.63, 3.8) is 0 Å². The molecule has 0 aliphatic heterocycles. The number of carbonyl (C=O) groups excluding carboxylic acids is 2. The van der Waals surface area contributed by atoms with Gasteiger partial charge in [0.05, 0.1) is 0 Å². The molecular weight excluding hydrogens is 178 g/mol. The van der Waals surface area contributed by atoms with E-state index in [9.17, 15) is 9.59 Å². The van der Waals surface area contributed by atoms with Crippen molar-refractivity contribution in [3.05, 3.63) is 41.5 Å². The van der Waals surface area contributed by atoms with E-state index in [0.29, 0.717) is 5.56 Å². The van der Waals surface area contributed by atoms with E-state index in [0.717, 1.165) is 5.56 Å². The van der Waals surface area contributed by atoms with Crippen LogP contribution in [0.25, 0.3) is 6.08 Å². The number of ketones is 1. The lowest BCUT2D eigenvalue weighted by molar-refractivity contribution is -0.119. The molecule has 0 saturated carbocycles. The summed E-state index contributed by atoms with van der Waals surface area (Å²) in [7, 11) is 0. The fourth-order valence-corrected chi connectivity index (χ4v) is 1.55. The van der Waals surface area contributed by atoms with Gasteiger partial charge >= 0.3 is 0 Å². The lowest BCUT2D eigenvalue weighted by Gasteiger charge is -2.14. The Bertz CT molecular complexity index is 435. The minimum absolute atomic E-state index is 0.212. The zero-order chi connectivity index (χ0) is 10.1. The van der Waals surface area contributed by atoms with Crippen LogP contribution in [0.2, 0.25) is 0 Å². The second kappa shape index (κ2) is 3.10. The van der Waals surface area contributed by atoms with Gasteiger partial charge in [0.2, 0.25) is 5.91 Å². The van der Waals surface area contributed by atoms with Gasteiger partial charge < -0.3 is 5.73 Å². The van der Waals surface area contributed by atoms with Crippen LogP contribution < -0.4 is 5.73 Å². The van der Waals surface area contributed by atoms with E-state index in [1.807, 2.05) is 12.1 Å². The van der Waals surface area contributed by atoms with Gasteiger partial charge in [-0.25, -0.2) is 0 Å². The van der Waals surface area contributed by atoms with Crippen LogP contribution in [0.1, 0.15) is 15.9 Å². The van der Waals surface area contributed by atoms with E-state index in [2.05, 4.69) is 0 Å². The first-order valence-corrected chi connectivity index (χ1v) is 4.31. The summed E-state index contributed by atoms with van der Waals surface area (Å²) in [6.45, 7) is 0. The van der Waals surface area contributed by atoms with Crippen molar-refractivity contribution < 1.29 is 9.59 Å². The molecule has 1 atom stereocenters. The number of hydrogen-bond acceptors (Lipinski definition) is 2. The molecule has 2 rings (SSSR count). The number of primary amides is 1. The Morgan fingerprint density at radius 1 is 1.29 bits per heavy atom. The SMILES string of the molecule is NC(=O)C1C=Cc2ccccc2C1=O. The highest BCUT2D eigenvalue weighted by Crippen LogP contribution is 2.22. The molecule has 3 nitrogen and oxygen atoms in total. The van der Waals surface area contributed by atoms with Crippen LogP contribution in [-0.2, 0) is 4.79 Å². The van der Waals surface area contributed by atoms with Crippen molar-refractivity contribution in [1.82, 2.24) is 0 Å². The molecule has 0 aromatic heterocycles. The van der Waals surface area contributed by atoms with Gasteiger partial charge in [-0.2, -0.15) is 0 Å². The molecule has 1 aliphatic rings. The fraction of sp³-hybridized carbons (Fsp3) is 0.0909. The molecule has 1 unspecified atom stereocenters. The summed E-state index contributed by atoms with van der Waals surface area (Å²) in [6.07, 6.45) is 3.30. The van der Waals surface area contributed by atoms with Gasteiger partial charge in [0, 0.05) is 5.56 Å². The van der Waals surface area contributed by atoms with E-state index in [1.165, 1.54) is 0 Å². The Labute approximate surface area is 81.2 Å². The molecule has 0 heterocycles. The number of amides is 1. The van der Waals surface area contributed by atoms with Crippen LogP contribution in [0.4, 0.5) is 0 Å². The number of rotatable bonds is 1. The highest BCUT2D eigenvalue weighted by molar-refractivity contribution is 6.14.